The molecule has 0 aliphatic heterocycles. The first-order valence-corrected chi connectivity index (χ1v) is 7.55. The molecule has 1 heterocycles. The van der Waals surface area contributed by atoms with Crippen molar-refractivity contribution in [3.63, 3.8) is 0 Å². The maximum Gasteiger partial charge on any atom is 0.349 e. The van der Waals surface area contributed by atoms with Crippen molar-refractivity contribution in [1.82, 2.24) is 5.32 Å². The van der Waals surface area contributed by atoms with Gasteiger partial charge in [-0.25, -0.2) is 4.79 Å². The van der Waals surface area contributed by atoms with Crippen LogP contribution in [0.25, 0.3) is 0 Å². The Bertz CT molecular complexity index is 654. The fraction of sp³-hybridized carbons (Fsp3) is 0.200. The summed E-state index contributed by atoms with van der Waals surface area (Å²) in [5.74, 6) is -0.840. The van der Waals surface area contributed by atoms with Crippen molar-refractivity contribution < 1.29 is 14.3 Å². The Morgan fingerprint density at radius 1 is 1.29 bits per heavy atom. The van der Waals surface area contributed by atoms with Crippen molar-refractivity contribution in [3.8, 4) is 0 Å². The smallest absolute Gasteiger partial charge is 0.349 e. The van der Waals surface area contributed by atoms with E-state index in [1.807, 2.05) is 36.6 Å². The normalized spacial score (nSPS) is 10.2. The summed E-state index contributed by atoms with van der Waals surface area (Å²) in [5, 5.41) is 5.05. The Morgan fingerprint density at radius 3 is 2.71 bits per heavy atom. The third kappa shape index (κ3) is 4.31. The highest BCUT2D eigenvalue weighted by molar-refractivity contribution is 7.12. The van der Waals surface area contributed by atoms with Gasteiger partial charge in [-0.1, -0.05) is 29.8 Å². The number of ether oxygens (including phenoxy) is 1. The summed E-state index contributed by atoms with van der Waals surface area (Å²) in [6.45, 7) is 1.82. The van der Waals surface area contributed by atoms with Crippen LogP contribution in [0.3, 0.4) is 0 Å². The third-order valence-electron chi connectivity index (χ3n) is 2.82. The number of esters is 1. The van der Waals surface area contributed by atoms with Crippen molar-refractivity contribution in [1.29, 1.82) is 0 Å². The number of hydrogen-bond donors (Lipinski definition) is 1. The first-order chi connectivity index (χ1) is 10.1. The van der Waals surface area contributed by atoms with Gasteiger partial charge in [-0.15, -0.1) is 11.3 Å². The van der Waals surface area contributed by atoms with Gasteiger partial charge in [0, 0.05) is 11.6 Å². The van der Waals surface area contributed by atoms with Crippen molar-refractivity contribution in [2.75, 3.05) is 6.61 Å². The van der Waals surface area contributed by atoms with Gasteiger partial charge in [-0.05, 0) is 35.6 Å². The van der Waals surface area contributed by atoms with E-state index in [1.54, 1.807) is 6.07 Å². The number of halogens is 1. The lowest BCUT2D eigenvalue weighted by Crippen LogP contribution is -2.28. The molecule has 2 rings (SSSR count). The number of benzene rings is 1. The second kappa shape index (κ2) is 7.24. The van der Waals surface area contributed by atoms with Gasteiger partial charge in [0.05, 0.1) is 0 Å². The molecule has 0 atom stereocenters. The quantitative estimate of drug-likeness (QED) is 0.860. The average molecular weight is 324 g/mol. The third-order valence-corrected chi connectivity index (χ3v) is 4.18. The standard InChI is InChI=1S/C15H14ClNO3S/c1-10-6-7-21-14(10)15(19)20-9-13(18)17-8-11-4-2-3-5-12(11)16/h2-7H,8-9H2,1H3,(H,17,18). The summed E-state index contributed by atoms with van der Waals surface area (Å²) in [4.78, 5) is 23.9. The van der Waals surface area contributed by atoms with E-state index in [0.29, 0.717) is 16.4 Å². The fourth-order valence-electron chi connectivity index (χ4n) is 1.67. The minimum atomic E-state index is -0.476. The summed E-state index contributed by atoms with van der Waals surface area (Å²) < 4.78 is 4.97. The van der Waals surface area contributed by atoms with Crippen LogP contribution in [0, 0.1) is 6.92 Å². The molecular formula is C15H14ClNO3S. The Kier molecular flexibility index (Phi) is 5.36. The van der Waals surface area contributed by atoms with Crippen LogP contribution >= 0.6 is 22.9 Å². The van der Waals surface area contributed by atoms with Crippen molar-refractivity contribution in [2.24, 2.45) is 0 Å². The zero-order valence-corrected chi connectivity index (χ0v) is 13.0. The molecule has 21 heavy (non-hydrogen) atoms. The van der Waals surface area contributed by atoms with E-state index >= 15 is 0 Å². The monoisotopic (exact) mass is 323 g/mol. The lowest BCUT2D eigenvalue weighted by atomic mass is 10.2. The second-order valence-electron chi connectivity index (χ2n) is 4.38. The van der Waals surface area contributed by atoms with Gasteiger partial charge in [-0.3, -0.25) is 4.79 Å². The number of thiophene rings is 1. The van der Waals surface area contributed by atoms with Gasteiger partial charge in [0.1, 0.15) is 4.88 Å². The lowest BCUT2D eigenvalue weighted by molar-refractivity contribution is -0.124. The van der Waals surface area contributed by atoms with Gasteiger partial charge in [0.25, 0.3) is 5.91 Å². The van der Waals surface area contributed by atoms with Crippen molar-refractivity contribution >= 4 is 34.8 Å². The summed E-state index contributed by atoms with van der Waals surface area (Å²) in [6, 6.07) is 9.07. The first kappa shape index (κ1) is 15.5. The zero-order valence-electron chi connectivity index (χ0n) is 11.4. The highest BCUT2D eigenvalue weighted by Gasteiger charge is 2.13. The minimum absolute atomic E-state index is 0.300. The SMILES string of the molecule is Cc1ccsc1C(=O)OCC(=O)NCc1ccccc1Cl. The molecule has 1 amide bonds. The maximum absolute atomic E-state index is 11.7. The molecule has 6 heteroatoms. The van der Waals surface area contributed by atoms with Crippen LogP contribution in [0.2, 0.25) is 5.02 Å². The molecule has 1 aromatic heterocycles. The number of rotatable bonds is 5. The van der Waals surface area contributed by atoms with Crippen molar-refractivity contribution in [2.45, 2.75) is 13.5 Å². The average Bonchev–Trinajstić information content (AvgIpc) is 2.90. The van der Waals surface area contributed by atoms with E-state index < -0.39 is 5.97 Å². The molecular weight excluding hydrogens is 310 g/mol. The summed E-state index contributed by atoms with van der Waals surface area (Å²) in [5.41, 5.74) is 1.66. The predicted molar refractivity (Wildman–Crippen MR) is 82.6 cm³/mol. The summed E-state index contributed by atoms with van der Waals surface area (Å²) in [6.07, 6.45) is 0. The lowest BCUT2D eigenvalue weighted by Gasteiger charge is -2.07. The molecule has 0 spiro atoms. The number of hydrogen-bond acceptors (Lipinski definition) is 4. The molecule has 0 bridgehead atoms. The molecule has 4 nitrogen and oxygen atoms in total. The predicted octanol–water partition coefficient (Wildman–Crippen LogP) is 3.18. The zero-order chi connectivity index (χ0) is 15.2. The number of amides is 1. The van der Waals surface area contributed by atoms with Crippen LogP contribution in [0.1, 0.15) is 20.8 Å². The van der Waals surface area contributed by atoms with E-state index in [4.69, 9.17) is 16.3 Å². The van der Waals surface area contributed by atoms with Gasteiger partial charge in [0.2, 0.25) is 0 Å². The first-order valence-electron chi connectivity index (χ1n) is 6.29. The van der Waals surface area contributed by atoms with E-state index in [0.717, 1.165) is 11.1 Å². The highest BCUT2D eigenvalue weighted by Crippen LogP contribution is 2.16. The van der Waals surface area contributed by atoms with Crippen LogP contribution in [0.5, 0.6) is 0 Å². The number of carbonyl (C=O) groups is 2. The van der Waals surface area contributed by atoms with Crippen molar-refractivity contribution in [3.05, 3.63) is 56.7 Å². The molecule has 1 aromatic carbocycles. The Hall–Kier alpha value is -1.85. The maximum atomic E-state index is 11.7. The highest BCUT2D eigenvalue weighted by atomic mass is 35.5. The van der Waals surface area contributed by atoms with Gasteiger partial charge < -0.3 is 10.1 Å². The molecule has 1 N–H and O–H groups in total. The minimum Gasteiger partial charge on any atom is -0.451 e. The fourth-order valence-corrected chi connectivity index (χ4v) is 2.68. The Morgan fingerprint density at radius 2 is 2.05 bits per heavy atom. The molecule has 2 aromatic rings. The molecule has 0 saturated carbocycles. The molecule has 0 fully saturated rings. The van der Waals surface area contributed by atoms with Crippen LogP contribution in [0.15, 0.2) is 35.7 Å². The van der Waals surface area contributed by atoms with Gasteiger partial charge >= 0.3 is 5.97 Å². The van der Waals surface area contributed by atoms with Crippen LogP contribution in [0.4, 0.5) is 0 Å². The van der Waals surface area contributed by atoms with Gasteiger partial charge in [0.15, 0.2) is 6.61 Å². The number of carbonyl (C=O) groups excluding carboxylic acids is 2. The molecule has 0 saturated heterocycles. The molecule has 0 unspecified atom stereocenters. The van der Waals surface area contributed by atoms with E-state index in [2.05, 4.69) is 5.32 Å². The molecule has 0 radical (unpaired) electrons. The largest absolute Gasteiger partial charge is 0.451 e. The van der Waals surface area contributed by atoms with E-state index in [9.17, 15) is 9.59 Å². The Labute approximate surface area is 131 Å². The van der Waals surface area contributed by atoms with Crippen LogP contribution in [-0.4, -0.2) is 18.5 Å². The van der Waals surface area contributed by atoms with E-state index in [-0.39, 0.29) is 12.5 Å². The van der Waals surface area contributed by atoms with Crippen LogP contribution < -0.4 is 5.32 Å². The molecule has 0 aliphatic carbocycles. The summed E-state index contributed by atoms with van der Waals surface area (Å²) in [7, 11) is 0. The number of nitrogens with one attached hydrogen (secondary N) is 1. The second-order valence-corrected chi connectivity index (χ2v) is 5.70. The number of aryl methyl sites for hydroxylation is 1. The Balaban J connectivity index is 1.79. The van der Waals surface area contributed by atoms with E-state index in [1.165, 1.54) is 11.3 Å². The van der Waals surface area contributed by atoms with Crippen LogP contribution in [-0.2, 0) is 16.1 Å². The topological polar surface area (TPSA) is 55.4 Å². The summed E-state index contributed by atoms with van der Waals surface area (Å²) >= 11 is 7.28. The molecule has 110 valence electrons. The molecule has 0 aliphatic rings. The van der Waals surface area contributed by atoms with Gasteiger partial charge in [-0.2, -0.15) is 0 Å².